The number of hydrogen-bond donors (Lipinski definition) is 1. The number of aryl methyl sites for hydroxylation is 2. The predicted molar refractivity (Wildman–Crippen MR) is 55.7 cm³/mol. The Bertz CT molecular complexity index is 413. The van der Waals surface area contributed by atoms with E-state index in [0.29, 0.717) is 0 Å². The van der Waals surface area contributed by atoms with Gasteiger partial charge in [0.1, 0.15) is 0 Å². The van der Waals surface area contributed by atoms with Gasteiger partial charge in [-0.15, -0.1) is 0 Å². The van der Waals surface area contributed by atoms with Crippen molar-refractivity contribution in [2.75, 3.05) is 0 Å². The summed E-state index contributed by atoms with van der Waals surface area (Å²) in [4.78, 5) is 3.26. The summed E-state index contributed by atoms with van der Waals surface area (Å²) in [7, 11) is 0. The zero-order chi connectivity index (χ0) is 9.26. The fourth-order valence-corrected chi connectivity index (χ4v) is 1.53. The van der Waals surface area contributed by atoms with Gasteiger partial charge in [0, 0.05) is 17.5 Å². The molecule has 0 radical (unpaired) electrons. The maximum Gasteiger partial charge on any atom is 0.0459 e. The molecular weight excluding hydrogens is 158 g/mol. The molecular formula is C12H13N. The summed E-state index contributed by atoms with van der Waals surface area (Å²) >= 11 is 0. The lowest BCUT2D eigenvalue weighted by atomic mass is 10.1. The zero-order valence-corrected chi connectivity index (χ0v) is 7.96. The molecule has 0 spiro atoms. The molecule has 0 aliphatic carbocycles. The van der Waals surface area contributed by atoms with E-state index >= 15 is 0 Å². The van der Waals surface area contributed by atoms with Crippen molar-refractivity contribution in [1.29, 1.82) is 0 Å². The van der Waals surface area contributed by atoms with Crippen molar-refractivity contribution < 1.29 is 0 Å². The van der Waals surface area contributed by atoms with Crippen LogP contribution < -0.4 is 0 Å². The van der Waals surface area contributed by atoms with Crippen molar-refractivity contribution in [2.45, 2.75) is 13.8 Å². The molecule has 0 saturated carbocycles. The highest BCUT2D eigenvalue weighted by Gasteiger charge is 2.01. The van der Waals surface area contributed by atoms with Crippen LogP contribution in [0.4, 0.5) is 0 Å². The Labute approximate surface area is 78.4 Å². The highest BCUT2D eigenvalue weighted by Crippen LogP contribution is 2.21. The molecule has 1 nitrogen and oxygen atoms in total. The molecule has 0 bridgehead atoms. The highest BCUT2D eigenvalue weighted by molar-refractivity contribution is 5.64. The Balaban J connectivity index is 2.52. The summed E-state index contributed by atoms with van der Waals surface area (Å²) in [6, 6.07) is 10.6. The minimum Gasteiger partial charge on any atom is -0.361 e. The molecule has 2 rings (SSSR count). The number of nitrogens with one attached hydrogen (secondary N) is 1. The van der Waals surface area contributed by atoms with Crippen LogP contribution in [0.25, 0.3) is 11.3 Å². The summed E-state index contributed by atoms with van der Waals surface area (Å²) in [5.41, 5.74) is 5.08. The van der Waals surface area contributed by atoms with Gasteiger partial charge in [-0.2, -0.15) is 0 Å². The van der Waals surface area contributed by atoms with Gasteiger partial charge in [0.25, 0.3) is 0 Å². The van der Waals surface area contributed by atoms with Gasteiger partial charge in [0.2, 0.25) is 0 Å². The van der Waals surface area contributed by atoms with E-state index in [0.717, 1.165) is 0 Å². The van der Waals surface area contributed by atoms with Gasteiger partial charge in [-0.3, -0.25) is 0 Å². The zero-order valence-electron chi connectivity index (χ0n) is 7.96. The van der Waals surface area contributed by atoms with E-state index in [9.17, 15) is 0 Å². The maximum atomic E-state index is 3.26. The fraction of sp³-hybridized carbons (Fsp3) is 0.167. The number of hydrogen-bond acceptors (Lipinski definition) is 0. The average Bonchev–Trinajstić information content (AvgIpc) is 2.53. The average molecular weight is 171 g/mol. The van der Waals surface area contributed by atoms with Gasteiger partial charge in [-0.05, 0) is 31.0 Å². The van der Waals surface area contributed by atoms with Crippen LogP contribution in [0.2, 0.25) is 0 Å². The van der Waals surface area contributed by atoms with Gasteiger partial charge in [-0.1, -0.05) is 24.3 Å². The monoisotopic (exact) mass is 171 g/mol. The molecule has 0 fully saturated rings. The first kappa shape index (κ1) is 8.11. The number of aromatic amines is 1. The fourth-order valence-electron chi connectivity index (χ4n) is 1.53. The molecule has 0 aliphatic heterocycles. The van der Waals surface area contributed by atoms with Crippen molar-refractivity contribution in [3.05, 3.63) is 47.7 Å². The van der Waals surface area contributed by atoms with E-state index in [1.165, 1.54) is 22.4 Å². The number of aromatic nitrogens is 1. The quantitative estimate of drug-likeness (QED) is 0.677. The molecule has 0 atom stereocenters. The Morgan fingerprint density at radius 3 is 2.46 bits per heavy atom. The van der Waals surface area contributed by atoms with Crippen LogP contribution in [0.1, 0.15) is 11.1 Å². The van der Waals surface area contributed by atoms with Crippen LogP contribution in [-0.2, 0) is 0 Å². The third-order valence-electron chi connectivity index (χ3n) is 2.26. The smallest absolute Gasteiger partial charge is 0.0459 e. The van der Waals surface area contributed by atoms with Gasteiger partial charge < -0.3 is 4.98 Å². The second kappa shape index (κ2) is 3.09. The normalized spacial score (nSPS) is 10.3. The van der Waals surface area contributed by atoms with Crippen LogP contribution in [0.15, 0.2) is 36.5 Å². The molecule has 1 aromatic heterocycles. The van der Waals surface area contributed by atoms with E-state index in [2.05, 4.69) is 49.2 Å². The van der Waals surface area contributed by atoms with Gasteiger partial charge in [0.15, 0.2) is 0 Å². The molecule has 0 saturated heterocycles. The Morgan fingerprint density at radius 2 is 1.85 bits per heavy atom. The molecule has 0 amide bonds. The van der Waals surface area contributed by atoms with Crippen LogP contribution in [0.5, 0.6) is 0 Å². The molecule has 13 heavy (non-hydrogen) atoms. The largest absolute Gasteiger partial charge is 0.361 e. The van der Waals surface area contributed by atoms with Crippen molar-refractivity contribution in [1.82, 2.24) is 4.98 Å². The first-order chi connectivity index (χ1) is 6.27. The number of rotatable bonds is 1. The topological polar surface area (TPSA) is 15.8 Å². The first-order valence-electron chi connectivity index (χ1n) is 4.48. The van der Waals surface area contributed by atoms with E-state index < -0.39 is 0 Å². The maximum absolute atomic E-state index is 3.26. The summed E-state index contributed by atoms with van der Waals surface area (Å²) in [6.45, 7) is 4.23. The summed E-state index contributed by atoms with van der Waals surface area (Å²) in [5, 5.41) is 0. The lowest BCUT2D eigenvalue weighted by molar-refractivity contribution is 1.36. The second-order valence-electron chi connectivity index (χ2n) is 3.41. The number of H-pyrrole nitrogens is 1. The van der Waals surface area contributed by atoms with Crippen LogP contribution >= 0.6 is 0 Å². The molecule has 1 aromatic carbocycles. The van der Waals surface area contributed by atoms with Crippen LogP contribution in [0.3, 0.4) is 0 Å². The summed E-state index contributed by atoms with van der Waals surface area (Å²) < 4.78 is 0. The van der Waals surface area contributed by atoms with E-state index in [1.807, 2.05) is 6.20 Å². The first-order valence-corrected chi connectivity index (χ1v) is 4.48. The highest BCUT2D eigenvalue weighted by atomic mass is 14.7. The van der Waals surface area contributed by atoms with Crippen molar-refractivity contribution in [3.8, 4) is 11.3 Å². The molecule has 1 N–H and O–H groups in total. The van der Waals surface area contributed by atoms with Crippen LogP contribution in [-0.4, -0.2) is 4.98 Å². The second-order valence-corrected chi connectivity index (χ2v) is 3.41. The third-order valence-corrected chi connectivity index (χ3v) is 2.26. The molecule has 1 heteroatoms. The van der Waals surface area contributed by atoms with Gasteiger partial charge in [0.05, 0.1) is 0 Å². The Kier molecular flexibility index (Phi) is 1.93. The summed E-state index contributed by atoms with van der Waals surface area (Å²) in [5.74, 6) is 0. The van der Waals surface area contributed by atoms with E-state index in [1.54, 1.807) is 0 Å². The minimum absolute atomic E-state index is 1.20. The van der Waals surface area contributed by atoms with E-state index in [4.69, 9.17) is 0 Å². The Hall–Kier alpha value is -1.50. The minimum atomic E-state index is 1.20. The molecule has 2 aromatic rings. The van der Waals surface area contributed by atoms with Crippen molar-refractivity contribution >= 4 is 0 Å². The molecule has 0 aliphatic rings. The lowest BCUT2D eigenvalue weighted by Crippen LogP contribution is -1.80. The molecule has 1 heterocycles. The van der Waals surface area contributed by atoms with Gasteiger partial charge in [-0.25, -0.2) is 0 Å². The van der Waals surface area contributed by atoms with E-state index in [-0.39, 0.29) is 0 Å². The Morgan fingerprint density at radius 1 is 1.08 bits per heavy atom. The van der Waals surface area contributed by atoms with Crippen molar-refractivity contribution in [2.24, 2.45) is 0 Å². The van der Waals surface area contributed by atoms with Crippen LogP contribution in [0, 0.1) is 13.8 Å². The molecule has 0 unspecified atom stereocenters. The van der Waals surface area contributed by atoms with Gasteiger partial charge >= 0.3 is 0 Å². The SMILES string of the molecule is Cc1c[nH]c(-c2ccccc2C)c1. The standard InChI is InChI=1S/C12H13N/c1-9-7-12(13-8-9)11-6-4-3-5-10(11)2/h3-8,13H,1-2H3. The van der Waals surface area contributed by atoms with Crippen molar-refractivity contribution in [3.63, 3.8) is 0 Å². The lowest BCUT2D eigenvalue weighted by Gasteiger charge is -2.01. The predicted octanol–water partition coefficient (Wildman–Crippen LogP) is 3.30. The summed E-state index contributed by atoms with van der Waals surface area (Å²) in [6.07, 6.45) is 2.03. The molecule has 66 valence electrons. The third kappa shape index (κ3) is 1.50. The number of benzene rings is 1.